The van der Waals surface area contributed by atoms with Crippen molar-refractivity contribution in [2.45, 2.75) is 12.8 Å². The highest BCUT2D eigenvalue weighted by molar-refractivity contribution is 6.22. The quantitative estimate of drug-likeness (QED) is 0.635. The Morgan fingerprint density at radius 3 is 1.18 bits per heavy atom. The summed E-state index contributed by atoms with van der Waals surface area (Å²) in [6, 6.07) is 28.8. The Morgan fingerprint density at radius 2 is 0.750 bits per heavy atom. The molecule has 0 saturated heterocycles. The fourth-order valence-corrected chi connectivity index (χ4v) is 3.48. The molecule has 2 heterocycles. The molecule has 134 valence electrons. The van der Waals surface area contributed by atoms with Gasteiger partial charge in [0.25, 0.3) is 0 Å². The van der Waals surface area contributed by atoms with Crippen molar-refractivity contribution < 1.29 is 0 Å². The van der Waals surface area contributed by atoms with Gasteiger partial charge in [-0.3, -0.25) is 0 Å². The zero-order chi connectivity index (χ0) is 18.8. The van der Waals surface area contributed by atoms with Crippen LogP contribution >= 0.6 is 0 Å². The van der Waals surface area contributed by atoms with E-state index in [1.807, 2.05) is 36.4 Å². The molecule has 0 amide bonds. The first-order valence-corrected chi connectivity index (χ1v) is 9.35. The summed E-state index contributed by atoms with van der Waals surface area (Å²) in [5, 5.41) is 17.6. The number of hydrogen-bond donors (Lipinski definition) is 0. The predicted octanol–water partition coefficient (Wildman–Crippen LogP) is 4.88. The molecule has 0 aliphatic carbocycles. The van der Waals surface area contributed by atoms with Crippen molar-refractivity contribution in [2.24, 2.45) is 20.4 Å². The van der Waals surface area contributed by atoms with Crippen molar-refractivity contribution >= 4 is 22.8 Å². The lowest BCUT2D eigenvalue weighted by Gasteiger charge is -2.06. The highest BCUT2D eigenvalue weighted by atomic mass is 15.2. The number of benzene rings is 3. The van der Waals surface area contributed by atoms with Gasteiger partial charge in [0.05, 0.1) is 22.8 Å². The molecule has 0 unspecified atom stereocenters. The number of nitrogens with zero attached hydrogens (tertiary/aromatic N) is 4. The fourth-order valence-electron chi connectivity index (χ4n) is 3.48. The van der Waals surface area contributed by atoms with Crippen LogP contribution in [-0.4, -0.2) is 22.8 Å². The molecule has 0 saturated carbocycles. The van der Waals surface area contributed by atoms with Gasteiger partial charge in [-0.25, -0.2) is 0 Å². The molecule has 0 radical (unpaired) electrons. The Bertz CT molecular complexity index is 1050. The minimum atomic E-state index is 0.742. The minimum absolute atomic E-state index is 0.742. The third kappa shape index (κ3) is 3.21. The first-order chi connectivity index (χ1) is 13.9. The summed E-state index contributed by atoms with van der Waals surface area (Å²) in [6.45, 7) is 0. The van der Waals surface area contributed by atoms with Crippen LogP contribution in [0, 0.1) is 0 Å². The van der Waals surface area contributed by atoms with Crippen molar-refractivity contribution in [1.82, 2.24) is 0 Å². The van der Waals surface area contributed by atoms with Gasteiger partial charge in [-0.15, -0.1) is 0 Å². The van der Waals surface area contributed by atoms with Crippen molar-refractivity contribution in [3.05, 3.63) is 107 Å². The van der Waals surface area contributed by atoms with Gasteiger partial charge in [-0.2, -0.15) is 20.4 Å². The van der Waals surface area contributed by atoms with E-state index in [0.29, 0.717) is 0 Å². The van der Waals surface area contributed by atoms with Gasteiger partial charge in [0.15, 0.2) is 0 Å². The van der Waals surface area contributed by atoms with E-state index in [4.69, 9.17) is 0 Å². The molecule has 0 atom stereocenters. The predicted molar refractivity (Wildman–Crippen MR) is 115 cm³/mol. The third-order valence-electron chi connectivity index (χ3n) is 5.00. The second kappa shape index (κ2) is 7.16. The summed E-state index contributed by atoms with van der Waals surface area (Å²) < 4.78 is 0. The zero-order valence-electron chi connectivity index (χ0n) is 15.3. The Morgan fingerprint density at radius 1 is 0.393 bits per heavy atom. The first kappa shape index (κ1) is 16.5. The third-order valence-corrected chi connectivity index (χ3v) is 5.00. The van der Waals surface area contributed by atoms with Crippen molar-refractivity contribution in [1.29, 1.82) is 0 Å². The molecule has 0 spiro atoms. The zero-order valence-corrected chi connectivity index (χ0v) is 15.3. The highest BCUT2D eigenvalue weighted by Crippen LogP contribution is 2.21. The van der Waals surface area contributed by atoms with Crippen molar-refractivity contribution in [2.75, 3.05) is 0 Å². The van der Waals surface area contributed by atoms with E-state index in [1.165, 1.54) is 0 Å². The van der Waals surface area contributed by atoms with Gasteiger partial charge in [0.1, 0.15) is 0 Å². The minimum Gasteiger partial charge on any atom is -0.154 e. The standard InChI is InChI=1S/C24H18N4/c1-3-8-17(9-4-1)21-15-23(27-25-21)19-12-7-13-20(14-19)24-16-22(26-28-24)18-10-5-2-6-11-18/h1-14H,15-16H2. The Labute approximate surface area is 163 Å². The van der Waals surface area contributed by atoms with Crippen LogP contribution in [0.25, 0.3) is 0 Å². The van der Waals surface area contributed by atoms with Crippen LogP contribution in [0.4, 0.5) is 0 Å². The van der Waals surface area contributed by atoms with Crippen LogP contribution in [0.3, 0.4) is 0 Å². The topological polar surface area (TPSA) is 49.4 Å². The van der Waals surface area contributed by atoms with Gasteiger partial charge < -0.3 is 0 Å². The largest absolute Gasteiger partial charge is 0.154 e. The monoisotopic (exact) mass is 362 g/mol. The maximum Gasteiger partial charge on any atom is 0.0763 e. The SMILES string of the molecule is c1ccc(C2=NN=C(c3cccc(C4=NN=C(c5ccccc5)C4)c3)C2)cc1. The van der Waals surface area contributed by atoms with E-state index < -0.39 is 0 Å². The van der Waals surface area contributed by atoms with Crippen LogP contribution in [0.5, 0.6) is 0 Å². The maximum atomic E-state index is 4.43. The van der Waals surface area contributed by atoms with E-state index >= 15 is 0 Å². The summed E-state index contributed by atoms with van der Waals surface area (Å²) in [5.41, 5.74) is 8.41. The summed E-state index contributed by atoms with van der Waals surface area (Å²) in [5.74, 6) is 0. The number of hydrogen-bond acceptors (Lipinski definition) is 4. The molecular weight excluding hydrogens is 344 g/mol. The van der Waals surface area contributed by atoms with Crippen molar-refractivity contribution in [3.8, 4) is 0 Å². The van der Waals surface area contributed by atoms with E-state index in [0.717, 1.165) is 57.9 Å². The molecule has 3 aromatic carbocycles. The normalized spacial score (nSPS) is 15.7. The van der Waals surface area contributed by atoms with Crippen LogP contribution in [0.2, 0.25) is 0 Å². The smallest absolute Gasteiger partial charge is 0.0763 e. The summed E-state index contributed by atoms with van der Waals surface area (Å²) in [6.07, 6.45) is 1.48. The van der Waals surface area contributed by atoms with Crippen LogP contribution in [-0.2, 0) is 0 Å². The average Bonchev–Trinajstić information content (AvgIpc) is 3.46. The molecule has 0 N–H and O–H groups in total. The molecule has 3 aromatic rings. The van der Waals surface area contributed by atoms with Gasteiger partial charge in [-0.1, -0.05) is 78.9 Å². The Hall–Kier alpha value is -3.66. The molecule has 2 aliphatic heterocycles. The maximum absolute atomic E-state index is 4.43. The van der Waals surface area contributed by atoms with E-state index in [-0.39, 0.29) is 0 Å². The van der Waals surface area contributed by atoms with Gasteiger partial charge in [0, 0.05) is 12.8 Å². The second-order valence-corrected chi connectivity index (χ2v) is 6.85. The van der Waals surface area contributed by atoms with Gasteiger partial charge in [0.2, 0.25) is 0 Å². The Kier molecular flexibility index (Phi) is 4.22. The summed E-state index contributed by atoms with van der Waals surface area (Å²) >= 11 is 0. The van der Waals surface area contributed by atoms with Gasteiger partial charge in [-0.05, 0) is 28.3 Å². The van der Waals surface area contributed by atoms with Crippen LogP contribution in [0.15, 0.2) is 105 Å². The highest BCUT2D eigenvalue weighted by Gasteiger charge is 2.19. The lowest BCUT2D eigenvalue weighted by atomic mass is 9.96. The van der Waals surface area contributed by atoms with E-state index in [1.54, 1.807) is 0 Å². The summed E-state index contributed by atoms with van der Waals surface area (Å²) in [7, 11) is 0. The molecule has 0 aromatic heterocycles. The van der Waals surface area contributed by atoms with E-state index in [9.17, 15) is 0 Å². The number of rotatable bonds is 4. The molecule has 5 rings (SSSR count). The molecule has 0 bridgehead atoms. The molecule has 4 heteroatoms. The molecule has 4 nitrogen and oxygen atoms in total. The van der Waals surface area contributed by atoms with E-state index in [2.05, 4.69) is 68.9 Å². The lowest BCUT2D eigenvalue weighted by molar-refractivity contribution is 1.26. The fraction of sp³-hybridized carbons (Fsp3) is 0.0833. The molecule has 28 heavy (non-hydrogen) atoms. The van der Waals surface area contributed by atoms with Crippen LogP contribution in [0.1, 0.15) is 35.1 Å². The lowest BCUT2D eigenvalue weighted by Crippen LogP contribution is -2.08. The summed E-state index contributed by atoms with van der Waals surface area (Å²) in [4.78, 5) is 0. The second-order valence-electron chi connectivity index (χ2n) is 6.85. The molecule has 2 aliphatic rings. The van der Waals surface area contributed by atoms with Crippen molar-refractivity contribution in [3.63, 3.8) is 0 Å². The molecule has 0 fully saturated rings. The average molecular weight is 362 g/mol. The Balaban J connectivity index is 1.32. The first-order valence-electron chi connectivity index (χ1n) is 9.35. The van der Waals surface area contributed by atoms with Crippen LogP contribution < -0.4 is 0 Å². The molecular formula is C24H18N4. The van der Waals surface area contributed by atoms with Gasteiger partial charge >= 0.3 is 0 Å².